The van der Waals surface area contributed by atoms with Gasteiger partial charge >= 0.3 is 0 Å². The van der Waals surface area contributed by atoms with E-state index >= 15 is 0 Å². The molecule has 0 radical (unpaired) electrons. The first-order valence-electron chi connectivity index (χ1n) is 11.2. The summed E-state index contributed by atoms with van der Waals surface area (Å²) >= 11 is 0. The Morgan fingerprint density at radius 3 is 2.41 bits per heavy atom. The molecule has 0 N–H and O–H groups in total. The molecule has 0 saturated carbocycles. The van der Waals surface area contributed by atoms with Crippen LogP contribution in [0, 0.1) is 5.92 Å². The average Bonchev–Trinajstić information content (AvgIpc) is 3.16. The highest BCUT2D eigenvalue weighted by molar-refractivity contribution is 7.91. The molecule has 8 heteroatoms. The van der Waals surface area contributed by atoms with Crippen LogP contribution in [0.2, 0.25) is 0 Å². The van der Waals surface area contributed by atoms with Crippen molar-refractivity contribution in [2.24, 2.45) is 5.92 Å². The summed E-state index contributed by atoms with van der Waals surface area (Å²) < 4.78 is 26.7. The lowest BCUT2D eigenvalue weighted by Crippen LogP contribution is -2.44. The maximum atomic E-state index is 12.8. The van der Waals surface area contributed by atoms with Gasteiger partial charge < -0.3 is 9.47 Å². The fourth-order valence-electron chi connectivity index (χ4n) is 4.39. The number of likely N-dealkylation sites (tertiary alicyclic amines) is 2. The number of imidazole rings is 1. The topological polar surface area (TPSA) is 75.5 Å². The van der Waals surface area contributed by atoms with Crippen LogP contribution >= 0.6 is 0 Å². The van der Waals surface area contributed by atoms with Gasteiger partial charge in [0, 0.05) is 32.1 Å². The number of carbonyl (C=O) groups excluding carboxylic acids is 1. The van der Waals surface area contributed by atoms with Gasteiger partial charge in [0.1, 0.15) is 0 Å². The molecule has 0 unspecified atom stereocenters. The SMILES string of the molecule is CCCCn1c(CN2CCC(C(=O)N3CCCCC3)CC2)cnc1S(=O)(=O)CC. The molecule has 1 aromatic rings. The first-order chi connectivity index (χ1) is 14.0. The molecule has 0 spiro atoms. The molecule has 1 amide bonds. The van der Waals surface area contributed by atoms with Gasteiger partial charge in [-0.2, -0.15) is 0 Å². The summed E-state index contributed by atoms with van der Waals surface area (Å²) in [6.45, 7) is 8.74. The van der Waals surface area contributed by atoms with E-state index in [0.29, 0.717) is 19.0 Å². The Morgan fingerprint density at radius 1 is 1.10 bits per heavy atom. The lowest BCUT2D eigenvalue weighted by Gasteiger charge is -2.35. The molecule has 7 nitrogen and oxygen atoms in total. The number of nitrogens with zero attached hydrogens (tertiary/aromatic N) is 4. The van der Waals surface area contributed by atoms with Crippen molar-refractivity contribution in [2.75, 3.05) is 31.9 Å². The van der Waals surface area contributed by atoms with Gasteiger partial charge in [-0.25, -0.2) is 13.4 Å². The lowest BCUT2D eigenvalue weighted by atomic mass is 9.94. The van der Waals surface area contributed by atoms with Crippen LogP contribution in [0.4, 0.5) is 0 Å². The normalized spacial score (nSPS) is 19.6. The van der Waals surface area contributed by atoms with E-state index in [1.807, 2.05) is 4.57 Å². The van der Waals surface area contributed by atoms with Crippen LogP contribution in [0.25, 0.3) is 0 Å². The Morgan fingerprint density at radius 2 is 1.79 bits per heavy atom. The van der Waals surface area contributed by atoms with Crippen molar-refractivity contribution in [3.8, 4) is 0 Å². The Kier molecular flexibility index (Phi) is 7.73. The van der Waals surface area contributed by atoms with Crippen LogP contribution < -0.4 is 0 Å². The number of rotatable bonds is 8. The second-order valence-electron chi connectivity index (χ2n) is 8.38. The van der Waals surface area contributed by atoms with Crippen LogP contribution in [0.15, 0.2) is 11.4 Å². The van der Waals surface area contributed by atoms with Crippen molar-refractivity contribution in [3.05, 3.63) is 11.9 Å². The second kappa shape index (κ2) is 10.1. The molecule has 1 aromatic heterocycles. The molecule has 2 aliphatic rings. The van der Waals surface area contributed by atoms with Crippen molar-refractivity contribution < 1.29 is 13.2 Å². The molecular weight excluding hydrogens is 388 g/mol. The highest BCUT2D eigenvalue weighted by Crippen LogP contribution is 2.24. The largest absolute Gasteiger partial charge is 0.342 e. The molecule has 0 aromatic carbocycles. The third kappa shape index (κ3) is 5.40. The molecule has 29 heavy (non-hydrogen) atoms. The maximum Gasteiger partial charge on any atom is 0.227 e. The minimum atomic E-state index is -3.33. The monoisotopic (exact) mass is 424 g/mol. The van der Waals surface area contributed by atoms with Crippen LogP contribution in [0.3, 0.4) is 0 Å². The number of carbonyl (C=O) groups is 1. The van der Waals surface area contributed by atoms with E-state index < -0.39 is 9.84 Å². The zero-order chi connectivity index (χ0) is 20.9. The predicted octanol–water partition coefficient (Wildman–Crippen LogP) is 2.70. The van der Waals surface area contributed by atoms with E-state index in [0.717, 1.165) is 70.4 Å². The Bertz CT molecular complexity index is 776. The summed E-state index contributed by atoms with van der Waals surface area (Å²) in [7, 11) is -3.33. The summed E-state index contributed by atoms with van der Waals surface area (Å²) in [4.78, 5) is 21.4. The number of unbranched alkanes of at least 4 members (excludes halogenated alkanes) is 1. The molecule has 164 valence electrons. The number of hydrogen-bond acceptors (Lipinski definition) is 5. The summed E-state index contributed by atoms with van der Waals surface area (Å²) in [6.07, 6.45) is 8.95. The Labute approximate surface area is 175 Å². The van der Waals surface area contributed by atoms with E-state index in [4.69, 9.17) is 0 Å². The summed E-state index contributed by atoms with van der Waals surface area (Å²) in [5.41, 5.74) is 0.964. The molecule has 2 aliphatic heterocycles. The number of amides is 1. The van der Waals surface area contributed by atoms with Gasteiger partial charge in [-0.3, -0.25) is 9.69 Å². The maximum absolute atomic E-state index is 12.8. The van der Waals surface area contributed by atoms with Gasteiger partial charge in [-0.05, 0) is 51.6 Å². The molecule has 2 saturated heterocycles. The molecule has 0 atom stereocenters. The number of hydrogen-bond donors (Lipinski definition) is 0. The Hall–Kier alpha value is -1.41. The van der Waals surface area contributed by atoms with Crippen LogP contribution in [0.1, 0.15) is 64.5 Å². The summed E-state index contributed by atoms with van der Waals surface area (Å²) in [5, 5.41) is 0.207. The van der Waals surface area contributed by atoms with Gasteiger partial charge in [-0.15, -0.1) is 0 Å². The zero-order valence-corrected chi connectivity index (χ0v) is 18.8. The standard InChI is InChI=1S/C21H36N4O3S/c1-3-5-13-25-19(16-22-21(25)29(27,28)4-2)17-23-14-9-18(10-15-23)20(26)24-11-7-6-8-12-24/h16,18H,3-15,17H2,1-2H3. The number of sulfone groups is 1. The van der Waals surface area contributed by atoms with Gasteiger partial charge in [0.05, 0.1) is 17.6 Å². The minimum Gasteiger partial charge on any atom is -0.342 e. The molecule has 0 bridgehead atoms. The smallest absolute Gasteiger partial charge is 0.227 e. The third-order valence-electron chi connectivity index (χ3n) is 6.29. The van der Waals surface area contributed by atoms with E-state index in [-0.39, 0.29) is 16.8 Å². The predicted molar refractivity (Wildman–Crippen MR) is 113 cm³/mol. The lowest BCUT2D eigenvalue weighted by molar-refractivity contribution is -0.138. The molecular formula is C21H36N4O3S. The average molecular weight is 425 g/mol. The third-order valence-corrected chi connectivity index (χ3v) is 7.93. The molecule has 3 heterocycles. The number of aromatic nitrogens is 2. The minimum absolute atomic E-state index is 0.0690. The fraction of sp³-hybridized carbons (Fsp3) is 0.810. The summed E-state index contributed by atoms with van der Waals surface area (Å²) in [5.74, 6) is 0.554. The van der Waals surface area contributed by atoms with Crippen LogP contribution in [-0.2, 0) is 27.7 Å². The van der Waals surface area contributed by atoms with Crippen molar-refractivity contribution in [1.29, 1.82) is 0 Å². The van der Waals surface area contributed by atoms with Gasteiger partial charge in [-0.1, -0.05) is 20.3 Å². The van der Waals surface area contributed by atoms with Crippen molar-refractivity contribution in [2.45, 2.75) is 77.0 Å². The zero-order valence-electron chi connectivity index (χ0n) is 18.0. The fourth-order valence-corrected chi connectivity index (χ4v) is 5.41. The van der Waals surface area contributed by atoms with Crippen LogP contribution in [-0.4, -0.2) is 65.6 Å². The molecule has 0 aliphatic carbocycles. The highest BCUT2D eigenvalue weighted by Gasteiger charge is 2.30. The van der Waals surface area contributed by atoms with Crippen molar-refractivity contribution in [1.82, 2.24) is 19.4 Å². The van der Waals surface area contributed by atoms with Crippen LogP contribution in [0.5, 0.6) is 0 Å². The van der Waals surface area contributed by atoms with Crippen molar-refractivity contribution in [3.63, 3.8) is 0 Å². The summed E-state index contributed by atoms with van der Waals surface area (Å²) in [6, 6.07) is 0. The highest BCUT2D eigenvalue weighted by atomic mass is 32.2. The second-order valence-corrected chi connectivity index (χ2v) is 10.5. The number of piperidine rings is 2. The van der Waals surface area contributed by atoms with Gasteiger partial charge in [0.25, 0.3) is 0 Å². The van der Waals surface area contributed by atoms with Gasteiger partial charge in [0.2, 0.25) is 20.9 Å². The Balaban J connectivity index is 1.61. The quantitative estimate of drug-likeness (QED) is 0.641. The van der Waals surface area contributed by atoms with E-state index in [2.05, 4.69) is 21.7 Å². The van der Waals surface area contributed by atoms with Crippen molar-refractivity contribution >= 4 is 15.7 Å². The first-order valence-corrected chi connectivity index (χ1v) is 12.9. The van der Waals surface area contributed by atoms with Gasteiger partial charge in [0.15, 0.2) is 0 Å². The molecule has 2 fully saturated rings. The van der Waals surface area contributed by atoms with E-state index in [9.17, 15) is 13.2 Å². The van der Waals surface area contributed by atoms with E-state index in [1.165, 1.54) is 6.42 Å². The first kappa shape index (κ1) is 22.3. The van der Waals surface area contributed by atoms with E-state index in [1.54, 1.807) is 13.1 Å². The molecule has 3 rings (SSSR count).